The Hall–Kier alpha value is -2.24. The van der Waals surface area contributed by atoms with E-state index in [9.17, 15) is 13.2 Å². The maximum Gasteiger partial charge on any atom is 0.274 e. The van der Waals surface area contributed by atoms with Crippen molar-refractivity contribution in [3.63, 3.8) is 0 Å². The summed E-state index contributed by atoms with van der Waals surface area (Å²) in [4.78, 5) is 25.4. The lowest BCUT2D eigenvalue weighted by Gasteiger charge is -2.33. The van der Waals surface area contributed by atoms with Gasteiger partial charge in [-0.3, -0.25) is 4.79 Å². The number of nitrogens with zero attached hydrogens (tertiary/aromatic N) is 6. The Morgan fingerprint density at radius 2 is 1.77 bits per heavy atom. The molecule has 4 rings (SSSR count). The van der Waals surface area contributed by atoms with Crippen LogP contribution in [0.1, 0.15) is 34.8 Å². The summed E-state index contributed by atoms with van der Waals surface area (Å²) in [5.74, 6) is 0.435. The average Bonchev–Trinajstić information content (AvgIpc) is 3.38. The van der Waals surface area contributed by atoms with E-state index in [2.05, 4.69) is 15.1 Å². The predicted molar refractivity (Wildman–Crippen MR) is 109 cm³/mol. The molecule has 0 aromatic carbocycles. The third kappa shape index (κ3) is 3.77. The zero-order chi connectivity index (χ0) is 21.5. The summed E-state index contributed by atoms with van der Waals surface area (Å²) in [5, 5.41) is 3.92. The average molecular weight is 455 g/mol. The zero-order valence-corrected chi connectivity index (χ0v) is 18.4. The molecule has 162 valence electrons. The summed E-state index contributed by atoms with van der Waals surface area (Å²) in [6.45, 7) is 5.68. The Kier molecular flexibility index (Phi) is 5.69. The number of halogens is 1. The summed E-state index contributed by atoms with van der Waals surface area (Å²) in [6.07, 6.45) is 3.58. The van der Waals surface area contributed by atoms with Crippen molar-refractivity contribution in [2.45, 2.75) is 31.6 Å². The van der Waals surface area contributed by atoms with Gasteiger partial charge in [0.2, 0.25) is 16.0 Å². The van der Waals surface area contributed by atoms with Gasteiger partial charge in [-0.2, -0.15) is 4.31 Å². The molecule has 0 radical (unpaired) electrons. The molecule has 0 spiro atoms. The predicted octanol–water partition coefficient (Wildman–Crippen LogP) is 1.48. The Morgan fingerprint density at radius 3 is 2.37 bits per heavy atom. The number of piperazine rings is 1. The topological polar surface area (TPSA) is 113 Å². The summed E-state index contributed by atoms with van der Waals surface area (Å²) in [5.41, 5.74) is 0.476. The van der Waals surface area contributed by atoms with Crippen molar-refractivity contribution in [3.05, 3.63) is 28.4 Å². The van der Waals surface area contributed by atoms with Gasteiger partial charge >= 0.3 is 0 Å². The molecule has 1 amide bonds. The molecule has 0 N–H and O–H groups in total. The molecular formula is C18H23ClN6O4S. The minimum absolute atomic E-state index is 0.0939. The highest BCUT2D eigenvalue weighted by atomic mass is 35.5. The normalized spacial score (nSPS) is 18.2. The second-order valence-corrected chi connectivity index (χ2v) is 9.69. The SMILES string of the molecule is Cc1noc(C)c1S(=O)(=O)N1CCN(C(=O)c2nc(N3CCCC3)ncc2Cl)CC1. The Morgan fingerprint density at radius 1 is 1.10 bits per heavy atom. The third-order valence-corrected chi connectivity index (χ3v) is 7.83. The first kappa shape index (κ1) is 21.0. The number of hydrogen-bond donors (Lipinski definition) is 0. The lowest BCUT2D eigenvalue weighted by Crippen LogP contribution is -2.50. The number of hydrogen-bond acceptors (Lipinski definition) is 8. The summed E-state index contributed by atoms with van der Waals surface area (Å²) in [6, 6.07) is 0. The Labute approximate surface area is 179 Å². The summed E-state index contributed by atoms with van der Waals surface area (Å²) in [7, 11) is -3.74. The van der Waals surface area contributed by atoms with Crippen LogP contribution in [0.4, 0.5) is 5.95 Å². The molecule has 2 saturated heterocycles. The minimum atomic E-state index is -3.74. The molecule has 12 heteroatoms. The van der Waals surface area contributed by atoms with E-state index in [0.717, 1.165) is 25.9 Å². The minimum Gasteiger partial charge on any atom is -0.360 e. The van der Waals surface area contributed by atoms with Gasteiger partial charge < -0.3 is 14.3 Å². The van der Waals surface area contributed by atoms with E-state index < -0.39 is 10.0 Å². The fraction of sp³-hybridized carbons (Fsp3) is 0.556. The van der Waals surface area contributed by atoms with Gasteiger partial charge in [-0.25, -0.2) is 18.4 Å². The molecule has 2 fully saturated rings. The van der Waals surface area contributed by atoms with Crippen molar-refractivity contribution in [3.8, 4) is 0 Å². The van der Waals surface area contributed by atoms with E-state index in [1.165, 1.54) is 10.5 Å². The van der Waals surface area contributed by atoms with Gasteiger partial charge in [-0.05, 0) is 26.7 Å². The highest BCUT2D eigenvalue weighted by Gasteiger charge is 2.35. The second kappa shape index (κ2) is 8.12. The quantitative estimate of drug-likeness (QED) is 0.682. The van der Waals surface area contributed by atoms with E-state index >= 15 is 0 Å². The monoisotopic (exact) mass is 454 g/mol. The van der Waals surface area contributed by atoms with Gasteiger partial charge in [0.25, 0.3) is 5.91 Å². The van der Waals surface area contributed by atoms with Crippen LogP contribution in [-0.4, -0.2) is 77.9 Å². The molecule has 0 bridgehead atoms. The van der Waals surface area contributed by atoms with Crippen molar-refractivity contribution in [1.29, 1.82) is 0 Å². The number of sulfonamides is 1. The third-order valence-electron chi connectivity index (χ3n) is 5.41. The van der Waals surface area contributed by atoms with Gasteiger partial charge in [-0.15, -0.1) is 0 Å². The van der Waals surface area contributed by atoms with E-state index in [1.807, 2.05) is 4.90 Å². The number of aryl methyl sites for hydroxylation is 2. The zero-order valence-electron chi connectivity index (χ0n) is 16.8. The first-order valence-electron chi connectivity index (χ1n) is 9.79. The number of amides is 1. The molecule has 4 heterocycles. The molecular weight excluding hydrogens is 432 g/mol. The standard InChI is InChI=1S/C18H23ClN6O4S/c1-12-16(13(2)29-22-12)30(27,28)25-9-7-23(8-10-25)17(26)15-14(19)11-20-18(21-15)24-5-3-4-6-24/h11H,3-10H2,1-2H3. The lowest BCUT2D eigenvalue weighted by molar-refractivity contribution is 0.0692. The number of carbonyl (C=O) groups excluding carboxylic acids is 1. The molecule has 30 heavy (non-hydrogen) atoms. The van der Waals surface area contributed by atoms with Gasteiger partial charge in [0.1, 0.15) is 10.6 Å². The van der Waals surface area contributed by atoms with Crippen LogP contribution in [0.25, 0.3) is 0 Å². The van der Waals surface area contributed by atoms with E-state index in [4.69, 9.17) is 16.1 Å². The van der Waals surface area contributed by atoms with Gasteiger partial charge in [0.05, 0.1) is 11.2 Å². The Balaban J connectivity index is 1.48. The first-order chi connectivity index (χ1) is 14.3. The van der Waals surface area contributed by atoms with Crippen LogP contribution in [0.15, 0.2) is 15.6 Å². The van der Waals surface area contributed by atoms with Crippen LogP contribution in [0.5, 0.6) is 0 Å². The molecule has 0 unspecified atom stereocenters. The van der Waals surface area contributed by atoms with Crippen molar-refractivity contribution >= 4 is 33.5 Å². The van der Waals surface area contributed by atoms with Gasteiger partial charge in [0.15, 0.2) is 11.5 Å². The van der Waals surface area contributed by atoms with E-state index in [0.29, 0.717) is 11.6 Å². The number of rotatable bonds is 4. The van der Waals surface area contributed by atoms with Crippen molar-refractivity contribution in [2.24, 2.45) is 0 Å². The van der Waals surface area contributed by atoms with Crippen molar-refractivity contribution < 1.29 is 17.7 Å². The number of anilines is 1. The maximum atomic E-state index is 13.0. The van der Waals surface area contributed by atoms with E-state index in [-0.39, 0.29) is 53.5 Å². The Bertz CT molecular complexity index is 1040. The van der Waals surface area contributed by atoms with Crippen LogP contribution in [0.2, 0.25) is 5.02 Å². The largest absolute Gasteiger partial charge is 0.360 e. The second-order valence-electron chi connectivity index (χ2n) is 7.41. The van der Waals surface area contributed by atoms with Gasteiger partial charge in [-0.1, -0.05) is 16.8 Å². The molecule has 0 saturated carbocycles. The highest BCUT2D eigenvalue weighted by Crippen LogP contribution is 2.25. The summed E-state index contributed by atoms with van der Waals surface area (Å²) < 4.78 is 32.3. The first-order valence-corrected chi connectivity index (χ1v) is 11.6. The number of aromatic nitrogens is 3. The van der Waals surface area contributed by atoms with Crippen LogP contribution in [0.3, 0.4) is 0 Å². The van der Waals surface area contributed by atoms with Crippen LogP contribution < -0.4 is 4.90 Å². The molecule has 2 aliphatic rings. The van der Waals surface area contributed by atoms with Gasteiger partial charge in [0, 0.05) is 39.3 Å². The van der Waals surface area contributed by atoms with E-state index in [1.54, 1.807) is 18.7 Å². The highest BCUT2D eigenvalue weighted by molar-refractivity contribution is 7.89. The fourth-order valence-corrected chi connectivity index (χ4v) is 5.72. The molecule has 2 aromatic heterocycles. The molecule has 10 nitrogen and oxygen atoms in total. The van der Waals surface area contributed by atoms with Crippen LogP contribution >= 0.6 is 11.6 Å². The molecule has 2 aromatic rings. The van der Waals surface area contributed by atoms with Crippen LogP contribution in [0, 0.1) is 13.8 Å². The van der Waals surface area contributed by atoms with Crippen molar-refractivity contribution in [1.82, 2.24) is 24.3 Å². The van der Waals surface area contributed by atoms with Crippen LogP contribution in [-0.2, 0) is 10.0 Å². The molecule has 0 atom stereocenters. The molecule has 0 aliphatic carbocycles. The molecule has 2 aliphatic heterocycles. The smallest absolute Gasteiger partial charge is 0.274 e. The number of carbonyl (C=O) groups is 1. The fourth-order valence-electron chi connectivity index (χ4n) is 3.83. The summed E-state index contributed by atoms with van der Waals surface area (Å²) >= 11 is 6.21. The lowest BCUT2D eigenvalue weighted by atomic mass is 10.3. The van der Waals surface area contributed by atoms with Crippen molar-refractivity contribution in [2.75, 3.05) is 44.2 Å². The maximum absolute atomic E-state index is 13.0.